The van der Waals surface area contributed by atoms with Crippen molar-refractivity contribution in [1.29, 1.82) is 0 Å². The maximum Gasteiger partial charge on any atom is 0.255 e. The number of anilines is 1. The molecule has 0 aromatic carbocycles. The average Bonchev–Trinajstić information content (AvgIpc) is 2.47. The molecule has 0 fully saturated rings. The third-order valence-corrected chi connectivity index (χ3v) is 1.56. The van der Waals surface area contributed by atoms with Crippen molar-refractivity contribution in [2.45, 2.75) is 6.92 Å². The Morgan fingerprint density at radius 1 is 1.83 bits per heavy atom. The summed E-state index contributed by atoms with van der Waals surface area (Å²) >= 11 is 1.05. The molecule has 0 bridgehead atoms. The van der Waals surface area contributed by atoms with Gasteiger partial charge in [0.25, 0.3) is 6.86 Å². The summed E-state index contributed by atoms with van der Waals surface area (Å²) in [5, 5.41) is 3.74. The van der Waals surface area contributed by atoms with Crippen molar-refractivity contribution in [3.8, 4) is 0 Å². The van der Waals surface area contributed by atoms with E-state index in [1.54, 1.807) is 6.92 Å². The molecule has 0 aliphatic heterocycles. The summed E-state index contributed by atoms with van der Waals surface area (Å²) in [5.74, 6) is 0.367. The molecule has 2 N–H and O–H groups in total. The third-order valence-electron chi connectivity index (χ3n) is 1.02. The topological polar surface area (TPSA) is 73.4 Å². The molecule has 0 saturated carbocycles. The normalized spacial score (nSPS) is 11.7. The van der Waals surface area contributed by atoms with Crippen molar-refractivity contribution < 1.29 is 9.23 Å². The second-order valence-electron chi connectivity index (χ2n) is 1.87. The van der Waals surface area contributed by atoms with E-state index in [2.05, 4.69) is 19.4 Å². The maximum absolute atomic E-state index is 11.5. The minimum absolute atomic E-state index is 0.347. The van der Waals surface area contributed by atoms with Gasteiger partial charge < -0.3 is 10.6 Å². The Hall–Kier alpha value is -1.24. The monoisotopic (exact) mass is 190 g/mol. The molecule has 5 nitrogen and oxygen atoms in total. The first kappa shape index (κ1) is 8.85. The predicted octanol–water partition coefficient (Wildman–Crippen LogP) is 0.788. The van der Waals surface area contributed by atoms with E-state index in [9.17, 15) is 4.39 Å². The van der Waals surface area contributed by atoms with Crippen LogP contribution in [0.25, 0.3) is 0 Å². The van der Waals surface area contributed by atoms with Gasteiger partial charge in [0.1, 0.15) is 5.71 Å². The molecule has 0 atom stereocenters. The van der Waals surface area contributed by atoms with Gasteiger partial charge in [0.05, 0.1) is 0 Å². The summed E-state index contributed by atoms with van der Waals surface area (Å²) in [6, 6.07) is 0. The van der Waals surface area contributed by atoms with Crippen molar-refractivity contribution in [2.24, 2.45) is 5.16 Å². The number of oxime groups is 1. The molecule has 0 unspecified atom stereocenters. The molecule has 1 rings (SSSR count). The number of hydrogen-bond acceptors (Lipinski definition) is 6. The minimum atomic E-state index is -0.961. The molecule has 0 spiro atoms. The van der Waals surface area contributed by atoms with E-state index >= 15 is 0 Å². The van der Waals surface area contributed by atoms with E-state index in [-0.39, 0.29) is 0 Å². The van der Waals surface area contributed by atoms with Gasteiger partial charge in [0.15, 0.2) is 11.0 Å². The molecule has 1 aromatic rings. The Balaban J connectivity index is 2.70. The van der Waals surface area contributed by atoms with Crippen LogP contribution < -0.4 is 5.73 Å². The molecule has 1 aromatic heterocycles. The van der Waals surface area contributed by atoms with E-state index in [0.29, 0.717) is 16.7 Å². The smallest absolute Gasteiger partial charge is 0.255 e. The zero-order valence-electron chi connectivity index (χ0n) is 6.32. The SMILES string of the molecule is CC(=NOCF)c1nsc(N)n1. The van der Waals surface area contributed by atoms with Gasteiger partial charge in [-0.25, -0.2) is 4.39 Å². The zero-order valence-corrected chi connectivity index (χ0v) is 7.14. The van der Waals surface area contributed by atoms with Crippen LogP contribution in [-0.2, 0) is 4.84 Å². The number of nitrogen functional groups attached to an aromatic ring is 1. The quantitative estimate of drug-likeness (QED) is 0.564. The highest BCUT2D eigenvalue weighted by atomic mass is 32.1. The number of halogens is 1. The Bertz CT molecular complexity index is 287. The fourth-order valence-electron chi connectivity index (χ4n) is 0.544. The average molecular weight is 190 g/mol. The summed E-state index contributed by atoms with van der Waals surface area (Å²) in [4.78, 5) is 7.98. The Morgan fingerprint density at radius 2 is 2.58 bits per heavy atom. The van der Waals surface area contributed by atoms with Crippen molar-refractivity contribution >= 4 is 22.4 Å². The van der Waals surface area contributed by atoms with Crippen molar-refractivity contribution in [3.05, 3.63) is 5.82 Å². The molecule has 1 heterocycles. The van der Waals surface area contributed by atoms with Crippen LogP contribution in [0.15, 0.2) is 5.16 Å². The van der Waals surface area contributed by atoms with Crippen molar-refractivity contribution in [3.63, 3.8) is 0 Å². The standard InChI is InChI=1S/C5H7FN4OS/c1-3(9-11-2-6)4-8-5(7)12-10-4/h2H2,1H3,(H2,7,8,10). The van der Waals surface area contributed by atoms with Crippen LogP contribution in [0.5, 0.6) is 0 Å². The highest BCUT2D eigenvalue weighted by molar-refractivity contribution is 7.09. The lowest BCUT2D eigenvalue weighted by Crippen LogP contribution is -1.99. The lowest BCUT2D eigenvalue weighted by atomic mass is 10.4. The number of aromatic nitrogens is 2. The van der Waals surface area contributed by atoms with Crippen molar-refractivity contribution in [2.75, 3.05) is 12.6 Å². The summed E-state index contributed by atoms with van der Waals surface area (Å²) in [6.45, 7) is 0.647. The number of nitrogens with two attached hydrogens (primary N) is 1. The van der Waals surface area contributed by atoms with Gasteiger partial charge in [-0.3, -0.25) is 0 Å². The number of hydrogen-bond donors (Lipinski definition) is 1. The van der Waals surface area contributed by atoms with Crippen LogP contribution in [0.3, 0.4) is 0 Å². The fraction of sp³-hybridized carbons (Fsp3) is 0.400. The van der Waals surface area contributed by atoms with Crippen LogP contribution in [0, 0.1) is 0 Å². The van der Waals surface area contributed by atoms with E-state index in [0.717, 1.165) is 11.5 Å². The Morgan fingerprint density at radius 3 is 3.08 bits per heavy atom. The number of nitrogens with zero attached hydrogens (tertiary/aromatic N) is 3. The summed E-state index contributed by atoms with van der Waals surface area (Å²) in [7, 11) is 0. The molecular weight excluding hydrogens is 183 g/mol. The number of rotatable bonds is 3. The van der Waals surface area contributed by atoms with Crippen LogP contribution in [-0.4, -0.2) is 21.9 Å². The molecule has 66 valence electrons. The largest absolute Gasteiger partial charge is 0.374 e. The first-order chi connectivity index (χ1) is 5.74. The van der Waals surface area contributed by atoms with Gasteiger partial charge in [0.2, 0.25) is 0 Å². The van der Waals surface area contributed by atoms with Gasteiger partial charge in [0, 0.05) is 11.5 Å². The Kier molecular flexibility index (Phi) is 2.92. The van der Waals surface area contributed by atoms with E-state index < -0.39 is 6.86 Å². The fourth-order valence-corrected chi connectivity index (χ4v) is 1.02. The van der Waals surface area contributed by atoms with E-state index in [4.69, 9.17) is 5.73 Å². The third kappa shape index (κ3) is 2.12. The van der Waals surface area contributed by atoms with E-state index in [1.165, 1.54) is 0 Å². The minimum Gasteiger partial charge on any atom is -0.374 e. The molecule has 7 heteroatoms. The van der Waals surface area contributed by atoms with Crippen LogP contribution in [0.4, 0.5) is 9.52 Å². The van der Waals surface area contributed by atoms with E-state index in [1.807, 2.05) is 0 Å². The lowest BCUT2D eigenvalue weighted by molar-refractivity contribution is 0.0635. The van der Waals surface area contributed by atoms with Gasteiger partial charge in [-0.15, -0.1) is 0 Å². The lowest BCUT2D eigenvalue weighted by Gasteiger charge is -1.91. The predicted molar refractivity (Wildman–Crippen MR) is 43.6 cm³/mol. The van der Waals surface area contributed by atoms with Gasteiger partial charge >= 0.3 is 0 Å². The summed E-state index contributed by atoms with van der Waals surface area (Å²) in [6.07, 6.45) is 0. The second kappa shape index (κ2) is 3.96. The molecule has 0 aliphatic rings. The summed E-state index contributed by atoms with van der Waals surface area (Å²) < 4.78 is 15.3. The molecule has 0 aliphatic carbocycles. The first-order valence-electron chi connectivity index (χ1n) is 3.06. The maximum atomic E-state index is 11.5. The van der Waals surface area contributed by atoms with Crippen LogP contribution in [0.2, 0.25) is 0 Å². The molecule has 0 amide bonds. The van der Waals surface area contributed by atoms with Gasteiger partial charge in [-0.2, -0.15) is 9.36 Å². The first-order valence-corrected chi connectivity index (χ1v) is 3.83. The molecule has 0 radical (unpaired) electrons. The summed E-state index contributed by atoms with van der Waals surface area (Å²) in [5.41, 5.74) is 5.72. The second-order valence-corrected chi connectivity index (χ2v) is 2.65. The molecular formula is C5H7FN4OS. The highest BCUT2D eigenvalue weighted by Gasteiger charge is 2.04. The molecule has 0 saturated heterocycles. The zero-order chi connectivity index (χ0) is 8.97. The molecule has 12 heavy (non-hydrogen) atoms. The van der Waals surface area contributed by atoms with Crippen molar-refractivity contribution in [1.82, 2.24) is 9.36 Å². The highest BCUT2D eigenvalue weighted by Crippen LogP contribution is 2.06. The Labute approximate surface area is 72.2 Å². The van der Waals surface area contributed by atoms with Gasteiger partial charge in [-0.05, 0) is 6.92 Å². The van der Waals surface area contributed by atoms with Crippen LogP contribution >= 0.6 is 11.5 Å². The number of alkyl halides is 1. The van der Waals surface area contributed by atoms with Crippen LogP contribution in [0.1, 0.15) is 12.7 Å². The van der Waals surface area contributed by atoms with Gasteiger partial charge in [-0.1, -0.05) is 5.16 Å².